The van der Waals surface area contributed by atoms with E-state index in [0.29, 0.717) is 0 Å². The van der Waals surface area contributed by atoms with Crippen molar-refractivity contribution in [1.82, 2.24) is 4.90 Å². The number of rotatable bonds is 1. The van der Waals surface area contributed by atoms with Crippen LogP contribution in [0.25, 0.3) is 0 Å². The molecule has 2 rings (SSSR count). The van der Waals surface area contributed by atoms with Gasteiger partial charge in [-0.15, -0.1) is 0 Å². The molecule has 7 heteroatoms. The van der Waals surface area contributed by atoms with Gasteiger partial charge in [-0.2, -0.15) is 0 Å². The van der Waals surface area contributed by atoms with E-state index in [2.05, 4.69) is 11.9 Å². The molecule has 0 amide bonds. The highest BCUT2D eigenvalue weighted by Crippen LogP contribution is 2.37. The minimum absolute atomic E-state index is 0.0801. The minimum Gasteiger partial charge on any atom is -0.409 e. The van der Waals surface area contributed by atoms with Crippen LogP contribution in [0.15, 0.2) is 0 Å². The van der Waals surface area contributed by atoms with Gasteiger partial charge in [0.05, 0.1) is 23.4 Å². The maximum Gasteiger partial charge on any atom is 0.488 e. The Morgan fingerprint density at radius 3 is 1.65 bits per heavy atom. The number of nitrogens with zero attached hydrogens (tertiary/aromatic N) is 1. The molecule has 0 aromatic rings. The molecule has 2 aliphatic rings. The largest absolute Gasteiger partial charge is 0.488 e. The smallest absolute Gasteiger partial charge is 0.409 e. The van der Waals surface area contributed by atoms with Crippen molar-refractivity contribution in [2.75, 3.05) is 20.1 Å². The third-order valence-corrected chi connectivity index (χ3v) is 4.36. The van der Waals surface area contributed by atoms with E-state index in [1.165, 1.54) is 0 Å². The highest BCUT2D eigenvalue weighted by Gasteiger charge is 2.58. The summed E-state index contributed by atoms with van der Waals surface area (Å²) in [5.41, 5.74) is -0.730. The van der Waals surface area contributed by atoms with Gasteiger partial charge in [-0.1, -0.05) is 0 Å². The maximum absolute atomic E-state index is 6.04. The molecule has 0 unspecified atom stereocenters. The van der Waals surface area contributed by atoms with Crippen LogP contribution in [0.2, 0.25) is 0 Å². The Labute approximate surface area is 123 Å². The topological polar surface area (TPSA) is 40.2 Å². The summed E-state index contributed by atoms with van der Waals surface area (Å²) in [6.07, 6.45) is 0.160. The van der Waals surface area contributed by atoms with Gasteiger partial charge in [0, 0.05) is 13.1 Å². The lowest BCUT2D eigenvalue weighted by atomic mass is 9.48. The quantitative estimate of drug-likeness (QED) is 0.680. The Kier molecular flexibility index (Phi) is 4.57. The second-order valence-electron chi connectivity index (χ2n) is 7.11. The Balaban J connectivity index is 2.08. The van der Waals surface area contributed by atoms with Crippen LogP contribution in [0.3, 0.4) is 0 Å². The lowest BCUT2D eigenvalue weighted by Gasteiger charge is -2.32. The minimum atomic E-state index is -0.478. The predicted octanol–water partition coefficient (Wildman–Crippen LogP) is 1.40. The highest BCUT2D eigenvalue weighted by molar-refractivity contribution is 7.11. The van der Waals surface area contributed by atoms with Crippen LogP contribution in [0.1, 0.15) is 41.5 Å². The molecule has 0 bridgehead atoms. The summed E-state index contributed by atoms with van der Waals surface area (Å²) in [4.78, 5) is 2.22. The van der Waals surface area contributed by atoms with Crippen molar-refractivity contribution in [2.24, 2.45) is 0 Å². The second-order valence-corrected chi connectivity index (χ2v) is 7.11. The van der Waals surface area contributed by atoms with Crippen LogP contribution in [0.4, 0.5) is 0 Å². The third-order valence-electron chi connectivity index (χ3n) is 4.36. The number of hydrogen-bond donors (Lipinski definition) is 0. The molecule has 0 aromatic carbocycles. The van der Waals surface area contributed by atoms with Gasteiger partial charge in [0.1, 0.15) is 0 Å². The molecular weight excluding hydrogens is 256 g/mol. The molecule has 0 spiro atoms. The number of likely N-dealkylation sites (N-methyl/N-ethyl adjacent to an activating group) is 1. The van der Waals surface area contributed by atoms with Crippen molar-refractivity contribution < 1.29 is 18.6 Å². The number of hydrogen-bond acceptors (Lipinski definition) is 5. The van der Waals surface area contributed by atoms with Gasteiger partial charge in [-0.3, -0.25) is 0 Å². The molecule has 2 saturated heterocycles. The first kappa shape index (κ1) is 16.3. The van der Waals surface area contributed by atoms with Crippen LogP contribution < -0.4 is 0 Å². The van der Waals surface area contributed by atoms with Gasteiger partial charge in [0.25, 0.3) is 0 Å². The fourth-order valence-corrected chi connectivity index (χ4v) is 2.66. The molecule has 0 aromatic heterocycles. The van der Waals surface area contributed by atoms with E-state index in [1.54, 1.807) is 0 Å². The molecular formula is C13H27B2NO4. The summed E-state index contributed by atoms with van der Waals surface area (Å²) < 4.78 is 24.1. The van der Waals surface area contributed by atoms with E-state index in [1.807, 2.05) is 41.5 Å². The van der Waals surface area contributed by atoms with Crippen molar-refractivity contribution in [3.63, 3.8) is 0 Å². The van der Waals surface area contributed by atoms with Crippen molar-refractivity contribution in [3.8, 4) is 0 Å². The molecule has 0 aliphatic carbocycles. The molecule has 2 atom stereocenters. The summed E-state index contributed by atoms with van der Waals surface area (Å²) in [7, 11) is 1.12. The van der Waals surface area contributed by atoms with E-state index < -0.39 is 14.0 Å². The van der Waals surface area contributed by atoms with Crippen molar-refractivity contribution in [2.45, 2.75) is 65.0 Å². The van der Waals surface area contributed by atoms with Crippen LogP contribution in [0.5, 0.6) is 0 Å². The van der Waals surface area contributed by atoms with Crippen molar-refractivity contribution in [1.29, 1.82) is 0 Å². The SMILES string of the molecule is C[C@@H]1CN(C)C[C@@H](C)OB(B2OC(C)(C)C(C)(C)O2)O1. The fraction of sp³-hybridized carbons (Fsp3) is 1.00. The van der Waals surface area contributed by atoms with Gasteiger partial charge in [0.2, 0.25) is 0 Å². The predicted molar refractivity (Wildman–Crippen MR) is 80.4 cm³/mol. The average Bonchev–Trinajstić information content (AvgIpc) is 2.44. The molecule has 0 N–H and O–H groups in total. The van der Waals surface area contributed by atoms with Gasteiger partial charge >= 0.3 is 14.0 Å². The summed E-state index contributed by atoms with van der Waals surface area (Å²) in [5, 5.41) is 0. The van der Waals surface area contributed by atoms with Crippen LogP contribution in [-0.2, 0) is 18.6 Å². The third kappa shape index (κ3) is 3.39. The fourth-order valence-electron chi connectivity index (χ4n) is 2.66. The zero-order valence-electron chi connectivity index (χ0n) is 13.8. The Morgan fingerprint density at radius 2 is 1.25 bits per heavy atom. The van der Waals surface area contributed by atoms with Crippen molar-refractivity contribution in [3.05, 3.63) is 0 Å². The van der Waals surface area contributed by atoms with Gasteiger partial charge in [-0.05, 0) is 48.6 Å². The second kappa shape index (κ2) is 5.61. The van der Waals surface area contributed by atoms with Gasteiger partial charge < -0.3 is 23.5 Å². The summed E-state index contributed by atoms with van der Waals surface area (Å²) in [5.74, 6) is 0. The maximum atomic E-state index is 6.04. The van der Waals surface area contributed by atoms with E-state index in [9.17, 15) is 0 Å². The average molecular weight is 283 g/mol. The van der Waals surface area contributed by atoms with E-state index >= 15 is 0 Å². The van der Waals surface area contributed by atoms with Crippen LogP contribution in [0, 0.1) is 0 Å². The van der Waals surface area contributed by atoms with E-state index in [-0.39, 0.29) is 23.4 Å². The normalized spacial score (nSPS) is 35.0. The summed E-state index contributed by atoms with van der Waals surface area (Å²) >= 11 is 0. The zero-order valence-corrected chi connectivity index (χ0v) is 13.8. The standard InChI is InChI=1S/C13H27B2NO4/c1-10-8-16(7)9-11(2)18-14(17-10)15-19-12(3,4)13(5,6)20-15/h10-11H,8-9H2,1-7H3/t10-,11-/m1/s1. The Bertz CT molecular complexity index is 323. The lowest BCUT2D eigenvalue weighted by molar-refractivity contribution is 0.00578. The molecule has 0 saturated carbocycles. The van der Waals surface area contributed by atoms with E-state index in [4.69, 9.17) is 18.6 Å². The summed E-state index contributed by atoms with van der Waals surface area (Å²) in [6, 6.07) is 0. The lowest BCUT2D eigenvalue weighted by Crippen LogP contribution is -2.52. The molecule has 2 heterocycles. The Hall–Kier alpha value is -0.0701. The van der Waals surface area contributed by atoms with E-state index in [0.717, 1.165) is 13.1 Å². The first-order valence-electron chi connectivity index (χ1n) is 7.46. The molecule has 0 radical (unpaired) electrons. The highest BCUT2D eigenvalue weighted by atomic mass is 16.7. The molecule has 5 nitrogen and oxygen atoms in total. The molecule has 2 aliphatic heterocycles. The van der Waals surface area contributed by atoms with Gasteiger partial charge in [-0.25, -0.2) is 0 Å². The molecule has 20 heavy (non-hydrogen) atoms. The van der Waals surface area contributed by atoms with Crippen molar-refractivity contribution >= 4 is 14.0 Å². The first-order chi connectivity index (χ1) is 9.10. The summed E-state index contributed by atoms with van der Waals surface area (Å²) in [6.45, 7) is 14.0. The molecule has 2 fully saturated rings. The zero-order chi connectivity index (χ0) is 15.1. The first-order valence-corrected chi connectivity index (χ1v) is 7.46. The molecule has 114 valence electrons. The van der Waals surface area contributed by atoms with Crippen LogP contribution >= 0.6 is 0 Å². The monoisotopic (exact) mass is 283 g/mol. The van der Waals surface area contributed by atoms with Crippen LogP contribution in [-0.4, -0.2) is 62.5 Å². The van der Waals surface area contributed by atoms with Gasteiger partial charge in [0.15, 0.2) is 0 Å². The Morgan fingerprint density at radius 1 is 0.850 bits per heavy atom.